The van der Waals surface area contributed by atoms with Crippen LogP contribution in [-0.2, 0) is 24.8 Å². The summed E-state index contributed by atoms with van der Waals surface area (Å²) in [6, 6.07) is 10.5. The van der Waals surface area contributed by atoms with Crippen LogP contribution in [0, 0.1) is 0 Å². The molecule has 0 saturated carbocycles. The van der Waals surface area contributed by atoms with Crippen molar-refractivity contribution in [2.45, 2.75) is 22.8 Å². The maximum absolute atomic E-state index is 12.4. The molecule has 9 nitrogen and oxygen atoms in total. The van der Waals surface area contributed by atoms with Gasteiger partial charge in [0.1, 0.15) is 5.75 Å². The molecule has 0 spiro atoms. The number of nitrogens with one attached hydrogen (secondary N) is 2. The summed E-state index contributed by atoms with van der Waals surface area (Å²) in [7, 11) is -6.27. The van der Waals surface area contributed by atoms with Crippen molar-refractivity contribution in [1.82, 2.24) is 5.32 Å². The standard InChI is InChI=1S/C16H19N3O6S2/c1-11(16(20)18-2)25-13-5-9-15(10-6-13)27(23,24)19-12-3-7-14(8-4-12)26(17,21)22/h3-11,19H,1-2H3,(H,18,20)(H2,17,21,22)/t11-/m1/s1. The molecule has 0 aromatic heterocycles. The van der Waals surface area contributed by atoms with Crippen molar-refractivity contribution in [2.24, 2.45) is 5.14 Å². The lowest BCUT2D eigenvalue weighted by Crippen LogP contribution is -2.33. The predicted molar refractivity (Wildman–Crippen MR) is 99.2 cm³/mol. The van der Waals surface area contributed by atoms with Crippen molar-refractivity contribution in [2.75, 3.05) is 11.8 Å². The van der Waals surface area contributed by atoms with Gasteiger partial charge in [0.15, 0.2) is 6.10 Å². The number of carbonyl (C=O) groups excluding carboxylic acids is 1. The monoisotopic (exact) mass is 413 g/mol. The fraction of sp³-hybridized carbons (Fsp3) is 0.188. The van der Waals surface area contributed by atoms with Gasteiger partial charge in [-0.05, 0) is 55.5 Å². The van der Waals surface area contributed by atoms with E-state index in [1.165, 1.54) is 55.6 Å². The smallest absolute Gasteiger partial charge is 0.261 e. The third-order valence-corrected chi connectivity index (χ3v) is 5.82. The minimum absolute atomic E-state index is 0.0297. The average Bonchev–Trinajstić information content (AvgIpc) is 2.60. The van der Waals surface area contributed by atoms with Crippen LogP contribution in [0.25, 0.3) is 0 Å². The number of hydrogen-bond donors (Lipinski definition) is 3. The van der Waals surface area contributed by atoms with Gasteiger partial charge in [-0.1, -0.05) is 0 Å². The minimum atomic E-state index is -3.89. The van der Waals surface area contributed by atoms with E-state index in [0.717, 1.165) is 0 Å². The molecule has 0 fully saturated rings. The number of likely N-dealkylation sites (N-methyl/N-ethyl adjacent to an activating group) is 1. The van der Waals surface area contributed by atoms with Crippen LogP contribution in [0.5, 0.6) is 5.75 Å². The molecule has 0 heterocycles. The van der Waals surface area contributed by atoms with Gasteiger partial charge in [-0.2, -0.15) is 0 Å². The van der Waals surface area contributed by atoms with Crippen LogP contribution in [0.1, 0.15) is 6.92 Å². The quantitative estimate of drug-likeness (QED) is 0.608. The molecule has 2 rings (SSSR count). The topological polar surface area (TPSA) is 145 Å². The number of benzene rings is 2. The molecule has 0 radical (unpaired) electrons. The Morgan fingerprint density at radius 1 is 0.963 bits per heavy atom. The van der Waals surface area contributed by atoms with E-state index in [1.807, 2.05) is 0 Å². The molecule has 4 N–H and O–H groups in total. The van der Waals surface area contributed by atoms with Crippen molar-refractivity contribution >= 4 is 31.6 Å². The van der Waals surface area contributed by atoms with Crippen LogP contribution in [0.4, 0.5) is 5.69 Å². The maximum atomic E-state index is 12.4. The van der Waals surface area contributed by atoms with Crippen molar-refractivity contribution in [3.05, 3.63) is 48.5 Å². The number of ether oxygens (including phenoxy) is 1. The number of amides is 1. The van der Waals surface area contributed by atoms with E-state index in [-0.39, 0.29) is 21.4 Å². The molecule has 27 heavy (non-hydrogen) atoms. The third-order valence-electron chi connectivity index (χ3n) is 3.50. The highest BCUT2D eigenvalue weighted by Gasteiger charge is 2.17. The molecule has 0 aliphatic carbocycles. The molecule has 1 atom stereocenters. The molecule has 0 aliphatic rings. The Kier molecular flexibility index (Phi) is 6.08. The summed E-state index contributed by atoms with van der Waals surface area (Å²) >= 11 is 0. The Labute approximate surface area is 157 Å². The van der Waals surface area contributed by atoms with Crippen LogP contribution in [0.2, 0.25) is 0 Å². The van der Waals surface area contributed by atoms with E-state index >= 15 is 0 Å². The van der Waals surface area contributed by atoms with Crippen molar-refractivity contribution in [3.8, 4) is 5.75 Å². The molecule has 0 saturated heterocycles. The van der Waals surface area contributed by atoms with Crippen molar-refractivity contribution in [1.29, 1.82) is 0 Å². The van der Waals surface area contributed by atoms with Gasteiger partial charge in [0, 0.05) is 12.7 Å². The van der Waals surface area contributed by atoms with Crippen molar-refractivity contribution < 1.29 is 26.4 Å². The molecule has 146 valence electrons. The molecular formula is C16H19N3O6S2. The summed E-state index contributed by atoms with van der Waals surface area (Å²) in [5.74, 6) is 0.0267. The molecule has 0 bridgehead atoms. The lowest BCUT2D eigenvalue weighted by atomic mass is 10.3. The fourth-order valence-corrected chi connectivity index (χ4v) is 3.66. The summed E-state index contributed by atoms with van der Waals surface area (Å²) in [5.41, 5.74) is 0.177. The second-order valence-corrected chi connectivity index (χ2v) is 8.76. The zero-order valence-electron chi connectivity index (χ0n) is 14.5. The first-order valence-electron chi connectivity index (χ1n) is 7.67. The molecule has 2 aromatic rings. The Bertz CT molecular complexity index is 1020. The van der Waals surface area contributed by atoms with Crippen LogP contribution < -0.4 is 19.9 Å². The predicted octanol–water partition coefficient (Wildman–Crippen LogP) is 0.648. The normalized spacial score (nSPS) is 12.9. The third kappa shape index (κ3) is 5.42. The van der Waals surface area contributed by atoms with Crippen LogP contribution in [-0.4, -0.2) is 35.9 Å². The summed E-state index contributed by atoms with van der Waals surface area (Å²) in [4.78, 5) is 11.3. The summed E-state index contributed by atoms with van der Waals surface area (Å²) in [6.07, 6.45) is -0.729. The van der Waals surface area contributed by atoms with E-state index in [9.17, 15) is 21.6 Å². The van der Waals surface area contributed by atoms with Gasteiger partial charge < -0.3 is 10.1 Å². The molecular weight excluding hydrogens is 394 g/mol. The van der Waals surface area contributed by atoms with E-state index in [2.05, 4.69) is 10.0 Å². The zero-order valence-corrected chi connectivity index (χ0v) is 16.2. The van der Waals surface area contributed by atoms with Gasteiger partial charge in [0.25, 0.3) is 15.9 Å². The highest BCUT2D eigenvalue weighted by Crippen LogP contribution is 2.21. The second kappa shape index (κ2) is 7.94. The molecule has 0 aliphatic heterocycles. The van der Waals surface area contributed by atoms with Gasteiger partial charge in [-0.15, -0.1) is 0 Å². The first-order valence-corrected chi connectivity index (χ1v) is 10.7. The van der Waals surface area contributed by atoms with Gasteiger partial charge in [0.2, 0.25) is 10.0 Å². The first-order chi connectivity index (χ1) is 12.5. The van der Waals surface area contributed by atoms with Crippen molar-refractivity contribution in [3.63, 3.8) is 0 Å². The Hall–Kier alpha value is -2.63. The van der Waals surface area contributed by atoms with E-state index in [0.29, 0.717) is 5.75 Å². The van der Waals surface area contributed by atoms with Gasteiger partial charge in [-0.25, -0.2) is 22.0 Å². The zero-order chi connectivity index (χ0) is 20.2. The second-order valence-electron chi connectivity index (χ2n) is 5.52. The molecule has 0 unspecified atom stereocenters. The van der Waals surface area contributed by atoms with Gasteiger partial charge >= 0.3 is 0 Å². The lowest BCUT2D eigenvalue weighted by molar-refractivity contribution is -0.126. The molecule has 11 heteroatoms. The minimum Gasteiger partial charge on any atom is -0.481 e. The highest BCUT2D eigenvalue weighted by molar-refractivity contribution is 7.92. The summed E-state index contributed by atoms with van der Waals surface area (Å²) in [6.45, 7) is 1.57. The Morgan fingerprint density at radius 3 is 1.96 bits per heavy atom. The number of sulfonamides is 2. The Balaban J connectivity index is 2.13. The van der Waals surface area contributed by atoms with Gasteiger partial charge in [0.05, 0.1) is 9.79 Å². The van der Waals surface area contributed by atoms with Crippen LogP contribution >= 0.6 is 0 Å². The number of nitrogens with two attached hydrogens (primary N) is 1. The molecule has 1 amide bonds. The maximum Gasteiger partial charge on any atom is 0.261 e. The summed E-state index contributed by atoms with van der Waals surface area (Å²) < 4.78 is 55.0. The van der Waals surface area contributed by atoms with E-state index in [4.69, 9.17) is 9.88 Å². The largest absolute Gasteiger partial charge is 0.481 e. The molecule has 2 aromatic carbocycles. The number of rotatable bonds is 7. The SMILES string of the molecule is CNC(=O)[C@@H](C)Oc1ccc(S(=O)(=O)Nc2ccc(S(N)(=O)=O)cc2)cc1. The van der Waals surface area contributed by atoms with Crippen LogP contribution in [0.3, 0.4) is 0 Å². The number of hydrogen-bond acceptors (Lipinski definition) is 6. The van der Waals surface area contributed by atoms with E-state index < -0.39 is 26.2 Å². The fourth-order valence-electron chi connectivity index (χ4n) is 2.09. The number of primary sulfonamides is 1. The average molecular weight is 413 g/mol. The Morgan fingerprint density at radius 2 is 1.48 bits per heavy atom. The number of carbonyl (C=O) groups is 1. The summed E-state index contributed by atoms with van der Waals surface area (Å²) in [5, 5.41) is 7.44. The number of anilines is 1. The first kappa shape index (κ1) is 20.7. The highest BCUT2D eigenvalue weighted by atomic mass is 32.2. The lowest BCUT2D eigenvalue weighted by Gasteiger charge is -2.14. The van der Waals surface area contributed by atoms with E-state index in [1.54, 1.807) is 6.92 Å². The van der Waals surface area contributed by atoms with Gasteiger partial charge in [-0.3, -0.25) is 9.52 Å². The van der Waals surface area contributed by atoms with Crippen LogP contribution in [0.15, 0.2) is 58.3 Å².